The first-order valence-electron chi connectivity index (χ1n) is 6.11. The molecule has 0 spiro atoms. The monoisotopic (exact) mass is 277 g/mol. The Kier molecular flexibility index (Phi) is 6.11. The molecule has 0 bridgehead atoms. The largest absolute Gasteiger partial charge is 0.416 e. The lowest BCUT2D eigenvalue weighted by atomic mass is 10.2. The van der Waals surface area contributed by atoms with Gasteiger partial charge in [-0.15, -0.1) is 0 Å². The van der Waals surface area contributed by atoms with Gasteiger partial charge in [-0.25, -0.2) is 0 Å². The second-order valence-corrected chi connectivity index (χ2v) is 3.80. The van der Waals surface area contributed by atoms with E-state index in [0.717, 1.165) is 12.1 Å². The highest BCUT2D eigenvalue weighted by atomic mass is 19.4. The van der Waals surface area contributed by atoms with Crippen molar-refractivity contribution in [2.24, 2.45) is 0 Å². The molecule has 0 heterocycles. The van der Waals surface area contributed by atoms with Crippen LogP contribution >= 0.6 is 0 Å². The molecule has 1 aromatic carbocycles. The number of halogens is 3. The normalized spacial score (nSPS) is 11.9. The van der Waals surface area contributed by atoms with Crippen LogP contribution in [0.15, 0.2) is 24.3 Å². The molecule has 19 heavy (non-hydrogen) atoms. The Morgan fingerprint density at radius 2 is 1.58 bits per heavy atom. The molecule has 0 fully saturated rings. The van der Waals surface area contributed by atoms with Crippen LogP contribution in [0.3, 0.4) is 0 Å². The Bertz CT molecular complexity index is 359. The molecule has 1 N–H and O–H groups in total. The summed E-state index contributed by atoms with van der Waals surface area (Å²) in [7, 11) is 0. The van der Waals surface area contributed by atoms with E-state index >= 15 is 0 Å². The minimum Gasteiger partial charge on any atom is -0.380 e. The summed E-state index contributed by atoms with van der Waals surface area (Å²) in [6, 6.07) is 4.85. The Labute approximate surface area is 110 Å². The molecule has 0 aliphatic rings. The quantitative estimate of drug-likeness (QED) is 0.774. The molecule has 108 valence electrons. The summed E-state index contributed by atoms with van der Waals surface area (Å²) in [5.41, 5.74) is -0.0679. The molecule has 0 radical (unpaired) electrons. The van der Waals surface area contributed by atoms with Gasteiger partial charge in [-0.3, -0.25) is 0 Å². The SMILES string of the molecule is CCOC(CNc1ccc(C(F)(F)F)cc1)OCC. The highest BCUT2D eigenvalue weighted by molar-refractivity contribution is 5.45. The summed E-state index contributed by atoms with van der Waals surface area (Å²) in [6.07, 6.45) is -4.71. The lowest BCUT2D eigenvalue weighted by Crippen LogP contribution is -2.26. The van der Waals surface area contributed by atoms with Gasteiger partial charge in [0.05, 0.1) is 12.1 Å². The zero-order valence-corrected chi connectivity index (χ0v) is 11.0. The highest BCUT2D eigenvalue weighted by Crippen LogP contribution is 2.29. The van der Waals surface area contributed by atoms with Crippen LogP contribution in [0.2, 0.25) is 0 Å². The van der Waals surface area contributed by atoms with Gasteiger partial charge in [0, 0.05) is 18.9 Å². The van der Waals surface area contributed by atoms with E-state index < -0.39 is 18.0 Å². The minimum absolute atomic E-state index is 0.382. The summed E-state index contributed by atoms with van der Waals surface area (Å²) in [5.74, 6) is 0. The van der Waals surface area contributed by atoms with Crippen LogP contribution in [0.5, 0.6) is 0 Å². The Morgan fingerprint density at radius 1 is 1.05 bits per heavy atom. The van der Waals surface area contributed by atoms with Crippen LogP contribution in [-0.4, -0.2) is 26.0 Å². The van der Waals surface area contributed by atoms with Crippen LogP contribution in [0.4, 0.5) is 18.9 Å². The van der Waals surface area contributed by atoms with Crippen LogP contribution < -0.4 is 5.32 Å². The minimum atomic E-state index is -4.31. The lowest BCUT2D eigenvalue weighted by Gasteiger charge is -2.18. The number of benzene rings is 1. The number of anilines is 1. The molecule has 0 saturated heterocycles. The van der Waals surface area contributed by atoms with E-state index in [2.05, 4.69) is 5.32 Å². The van der Waals surface area contributed by atoms with Gasteiger partial charge in [0.25, 0.3) is 0 Å². The number of nitrogens with one attached hydrogen (secondary N) is 1. The van der Waals surface area contributed by atoms with Crippen molar-refractivity contribution in [2.75, 3.05) is 25.1 Å². The van der Waals surface area contributed by atoms with Gasteiger partial charge < -0.3 is 14.8 Å². The fourth-order valence-electron chi connectivity index (χ4n) is 1.52. The number of rotatable bonds is 7. The summed E-state index contributed by atoms with van der Waals surface area (Å²) >= 11 is 0. The van der Waals surface area contributed by atoms with Gasteiger partial charge >= 0.3 is 6.18 Å². The third-order valence-corrected chi connectivity index (χ3v) is 2.39. The zero-order chi connectivity index (χ0) is 14.3. The first kappa shape index (κ1) is 15.8. The maximum atomic E-state index is 12.4. The molecule has 1 aromatic rings. The van der Waals surface area contributed by atoms with E-state index in [9.17, 15) is 13.2 Å². The van der Waals surface area contributed by atoms with Crippen LogP contribution in [-0.2, 0) is 15.7 Å². The van der Waals surface area contributed by atoms with Gasteiger partial charge in [-0.2, -0.15) is 13.2 Å². The standard InChI is InChI=1S/C13H18F3NO2/c1-3-18-12(19-4-2)9-17-11-7-5-10(6-8-11)13(14,15)16/h5-8,12,17H,3-4,9H2,1-2H3. The van der Waals surface area contributed by atoms with Crippen molar-refractivity contribution in [2.45, 2.75) is 26.3 Å². The van der Waals surface area contributed by atoms with Crippen molar-refractivity contribution in [3.8, 4) is 0 Å². The lowest BCUT2D eigenvalue weighted by molar-refractivity contribution is -0.137. The molecule has 0 atom stereocenters. The van der Waals surface area contributed by atoms with Gasteiger partial charge in [-0.05, 0) is 38.1 Å². The van der Waals surface area contributed by atoms with Crippen LogP contribution in [0.1, 0.15) is 19.4 Å². The van der Waals surface area contributed by atoms with E-state index in [1.165, 1.54) is 12.1 Å². The van der Waals surface area contributed by atoms with Crippen molar-refractivity contribution >= 4 is 5.69 Å². The van der Waals surface area contributed by atoms with E-state index in [1.54, 1.807) is 0 Å². The van der Waals surface area contributed by atoms with E-state index in [-0.39, 0.29) is 0 Å². The van der Waals surface area contributed by atoms with Gasteiger partial charge in [-0.1, -0.05) is 0 Å². The fourth-order valence-corrected chi connectivity index (χ4v) is 1.52. The molecular formula is C13H18F3NO2. The van der Waals surface area contributed by atoms with E-state index in [4.69, 9.17) is 9.47 Å². The Balaban J connectivity index is 2.53. The molecule has 0 aliphatic heterocycles. The Morgan fingerprint density at radius 3 is 2.00 bits per heavy atom. The first-order valence-corrected chi connectivity index (χ1v) is 6.11. The maximum absolute atomic E-state index is 12.4. The second-order valence-electron chi connectivity index (χ2n) is 3.80. The second kappa shape index (κ2) is 7.35. The van der Waals surface area contributed by atoms with Crippen molar-refractivity contribution < 1.29 is 22.6 Å². The van der Waals surface area contributed by atoms with E-state index in [1.807, 2.05) is 13.8 Å². The maximum Gasteiger partial charge on any atom is 0.416 e. The fraction of sp³-hybridized carbons (Fsp3) is 0.538. The molecule has 0 saturated carbocycles. The average Bonchev–Trinajstić information content (AvgIpc) is 2.36. The molecule has 6 heteroatoms. The predicted octanol–water partition coefficient (Wildman–Crippen LogP) is 3.52. The molecule has 0 unspecified atom stereocenters. The van der Waals surface area contributed by atoms with Crippen molar-refractivity contribution in [1.82, 2.24) is 0 Å². The summed E-state index contributed by atoms with van der Waals surface area (Å²) < 4.78 is 47.8. The smallest absolute Gasteiger partial charge is 0.380 e. The van der Waals surface area contributed by atoms with Crippen molar-refractivity contribution in [1.29, 1.82) is 0 Å². The first-order chi connectivity index (χ1) is 8.97. The summed E-state index contributed by atoms with van der Waals surface area (Å²) in [4.78, 5) is 0. The molecule has 0 aliphatic carbocycles. The number of hydrogen-bond donors (Lipinski definition) is 1. The van der Waals surface area contributed by atoms with Gasteiger partial charge in [0.15, 0.2) is 6.29 Å². The number of ether oxygens (including phenoxy) is 2. The third kappa shape index (κ3) is 5.48. The van der Waals surface area contributed by atoms with Gasteiger partial charge in [0.1, 0.15) is 0 Å². The summed E-state index contributed by atoms with van der Waals surface area (Å²) in [5, 5.41) is 2.98. The predicted molar refractivity (Wildman–Crippen MR) is 67.0 cm³/mol. The third-order valence-electron chi connectivity index (χ3n) is 2.39. The highest BCUT2D eigenvalue weighted by Gasteiger charge is 2.29. The topological polar surface area (TPSA) is 30.5 Å². The average molecular weight is 277 g/mol. The van der Waals surface area contributed by atoms with Crippen molar-refractivity contribution in [3.63, 3.8) is 0 Å². The number of alkyl halides is 3. The Hall–Kier alpha value is -1.27. The zero-order valence-electron chi connectivity index (χ0n) is 11.0. The molecule has 0 aromatic heterocycles. The van der Waals surface area contributed by atoms with Crippen LogP contribution in [0, 0.1) is 0 Å². The van der Waals surface area contributed by atoms with Crippen LogP contribution in [0.25, 0.3) is 0 Å². The van der Waals surface area contributed by atoms with Crippen molar-refractivity contribution in [3.05, 3.63) is 29.8 Å². The summed E-state index contributed by atoms with van der Waals surface area (Å²) in [6.45, 7) is 5.11. The molecule has 0 amide bonds. The van der Waals surface area contributed by atoms with E-state index in [0.29, 0.717) is 25.4 Å². The van der Waals surface area contributed by atoms with Gasteiger partial charge in [0.2, 0.25) is 0 Å². The number of hydrogen-bond acceptors (Lipinski definition) is 3. The molecule has 3 nitrogen and oxygen atoms in total. The molecular weight excluding hydrogens is 259 g/mol. The molecule has 1 rings (SSSR count).